The molecule has 4 aliphatic rings. The minimum Gasteiger partial charge on any atom is -0.461 e. The first-order valence-electron chi connectivity index (χ1n) is 17.1. The Morgan fingerprint density at radius 2 is 1.12 bits per heavy atom. The molecule has 268 valence electrons. The van der Waals surface area contributed by atoms with Crippen molar-refractivity contribution in [3.63, 3.8) is 0 Å². The number of hydrogen-bond donors (Lipinski definition) is 4. The number of ketones is 1. The Morgan fingerprint density at radius 3 is 1.52 bits per heavy atom. The number of furan rings is 2. The van der Waals surface area contributed by atoms with Crippen LogP contribution in [0.3, 0.4) is 0 Å². The molecule has 6 aromatic rings. The van der Waals surface area contributed by atoms with E-state index in [1.807, 2.05) is 0 Å². The normalized spacial score (nSPS) is 25.5. The van der Waals surface area contributed by atoms with Crippen LogP contribution >= 0.6 is 0 Å². The average Bonchev–Trinajstić information content (AvgIpc) is 4.00. The van der Waals surface area contributed by atoms with Gasteiger partial charge in [0.15, 0.2) is 45.6 Å². The van der Waals surface area contributed by atoms with E-state index in [4.69, 9.17) is 49.2 Å². The zero-order valence-corrected chi connectivity index (χ0v) is 27.8. The first kappa shape index (κ1) is 31.4. The van der Waals surface area contributed by atoms with Crippen molar-refractivity contribution in [3.8, 4) is 23.2 Å². The van der Waals surface area contributed by atoms with Crippen LogP contribution < -0.4 is 22.1 Å². The summed E-state index contributed by atoms with van der Waals surface area (Å²) in [6.07, 6.45) is 4.99. The fraction of sp³-hybridized carbons (Fsp3) is 0.424. The summed E-state index contributed by atoms with van der Waals surface area (Å²) in [5.41, 5.74) is 10.3. The lowest BCUT2D eigenvalue weighted by molar-refractivity contribution is -0.225. The van der Waals surface area contributed by atoms with Gasteiger partial charge in [0.25, 0.3) is 0 Å². The zero-order valence-electron chi connectivity index (χ0n) is 27.8. The van der Waals surface area contributed by atoms with E-state index < -0.39 is 28.6 Å². The summed E-state index contributed by atoms with van der Waals surface area (Å²) in [4.78, 5) is 34.7. The highest BCUT2D eigenvalue weighted by molar-refractivity contribution is 5.97. The van der Waals surface area contributed by atoms with Gasteiger partial charge in [0, 0.05) is 64.0 Å². The summed E-state index contributed by atoms with van der Waals surface area (Å²) in [5, 5.41) is 15.7. The Labute approximate surface area is 294 Å². The predicted molar refractivity (Wildman–Crippen MR) is 178 cm³/mol. The molecule has 4 fully saturated rings. The standard InChI is InChI=1S/C33H34N12O7/c34-28-38-21(15-23-40-25(42-44(23)28)19-3-1-13-47-19)32(17-49-30(51-32)5-9-36-10-6-30)27(46)33(18-50-31(52-33)7-11-37-12-8-31)22-16-24-41-26(20-4-2-14-48-20)43-45(24)29(35)39-22/h1-4,13-16,36-37H,5-12,17-18H2,(H2,34,38)(H2,35,39). The minimum absolute atomic E-state index is 0.0231. The molecule has 0 saturated carbocycles. The monoisotopic (exact) mass is 710 g/mol. The minimum atomic E-state index is -1.86. The van der Waals surface area contributed by atoms with Crippen LogP contribution in [0.5, 0.6) is 0 Å². The van der Waals surface area contributed by atoms with E-state index in [1.165, 1.54) is 21.6 Å². The van der Waals surface area contributed by atoms with E-state index in [0.29, 0.717) is 86.3 Å². The number of nitrogens with zero attached hydrogens (tertiary/aromatic N) is 8. The number of nitrogens with one attached hydrogen (secondary N) is 2. The molecule has 2 atom stereocenters. The molecule has 10 rings (SSSR count). The number of hydrogen-bond acceptors (Lipinski definition) is 17. The summed E-state index contributed by atoms with van der Waals surface area (Å²) in [6, 6.07) is 10.2. The van der Waals surface area contributed by atoms with Crippen LogP contribution in [0.25, 0.3) is 34.5 Å². The van der Waals surface area contributed by atoms with Crippen LogP contribution in [0, 0.1) is 0 Å². The molecule has 10 heterocycles. The largest absolute Gasteiger partial charge is 0.461 e. The molecule has 0 amide bonds. The van der Waals surface area contributed by atoms with Crippen LogP contribution in [0.4, 0.5) is 11.9 Å². The smallest absolute Gasteiger partial charge is 0.223 e. The Morgan fingerprint density at radius 1 is 0.673 bits per heavy atom. The van der Waals surface area contributed by atoms with Gasteiger partial charge in [-0.05, 0) is 24.3 Å². The van der Waals surface area contributed by atoms with Gasteiger partial charge < -0.3 is 49.9 Å². The second kappa shape index (κ2) is 11.3. The third-order valence-electron chi connectivity index (χ3n) is 10.3. The molecule has 19 nitrogen and oxygen atoms in total. The van der Waals surface area contributed by atoms with Crippen LogP contribution in [0.2, 0.25) is 0 Å². The molecule has 2 spiro atoms. The molecule has 6 N–H and O–H groups in total. The van der Waals surface area contributed by atoms with Gasteiger partial charge >= 0.3 is 0 Å². The molecule has 4 saturated heterocycles. The van der Waals surface area contributed by atoms with Gasteiger partial charge in [-0.2, -0.15) is 9.03 Å². The van der Waals surface area contributed by atoms with Crippen LogP contribution in [0.15, 0.2) is 57.8 Å². The van der Waals surface area contributed by atoms with E-state index in [0.717, 1.165) is 0 Å². The number of piperidine rings is 2. The zero-order chi connectivity index (χ0) is 35.1. The summed E-state index contributed by atoms with van der Waals surface area (Å²) in [7, 11) is 0. The highest BCUT2D eigenvalue weighted by atomic mass is 16.8. The fourth-order valence-corrected chi connectivity index (χ4v) is 7.62. The lowest BCUT2D eigenvalue weighted by atomic mass is 9.81. The van der Waals surface area contributed by atoms with Crippen molar-refractivity contribution >= 4 is 29.0 Å². The van der Waals surface area contributed by atoms with Crippen LogP contribution in [-0.4, -0.2) is 95.9 Å². The molecule has 2 unspecified atom stereocenters. The van der Waals surface area contributed by atoms with E-state index >= 15 is 4.79 Å². The molecule has 0 bridgehead atoms. The van der Waals surface area contributed by atoms with Crippen molar-refractivity contribution in [2.45, 2.75) is 48.5 Å². The average molecular weight is 711 g/mol. The van der Waals surface area contributed by atoms with Crippen molar-refractivity contribution in [2.24, 2.45) is 0 Å². The summed E-state index contributed by atoms with van der Waals surface area (Å²) >= 11 is 0. The summed E-state index contributed by atoms with van der Waals surface area (Å²) in [6.45, 7) is 2.09. The van der Waals surface area contributed by atoms with Gasteiger partial charge in [0.05, 0.1) is 37.1 Å². The second-order valence-electron chi connectivity index (χ2n) is 13.5. The Kier molecular flexibility index (Phi) is 6.86. The van der Waals surface area contributed by atoms with Gasteiger partial charge in [-0.3, -0.25) is 4.79 Å². The molecule has 52 heavy (non-hydrogen) atoms. The van der Waals surface area contributed by atoms with Gasteiger partial charge in [-0.25, -0.2) is 19.9 Å². The number of ether oxygens (including phenoxy) is 4. The Balaban J connectivity index is 1.15. The maximum atomic E-state index is 15.9. The number of rotatable bonds is 6. The molecule has 4 aliphatic heterocycles. The van der Waals surface area contributed by atoms with Crippen molar-refractivity contribution in [3.05, 3.63) is 60.3 Å². The number of anilines is 2. The number of aromatic nitrogens is 8. The SMILES string of the molecule is Nc1nc(C2(C(=O)C3(c4cc5nc(-c6ccco6)nn5c(N)n4)COC4(CCNCC4)O3)COC3(CCNCC3)O2)cc2nc(-c3ccco3)nn12. The number of nitrogen functional groups attached to an aromatic ring is 2. The maximum Gasteiger partial charge on any atom is 0.223 e. The Bertz CT molecular complexity index is 2150. The maximum absolute atomic E-state index is 15.9. The predicted octanol–water partition coefficient (Wildman–Crippen LogP) is 1.16. The Hall–Kier alpha value is -5.31. The fourth-order valence-electron chi connectivity index (χ4n) is 7.62. The van der Waals surface area contributed by atoms with Gasteiger partial charge in [-0.15, -0.1) is 10.2 Å². The van der Waals surface area contributed by atoms with Crippen LogP contribution in [0.1, 0.15) is 37.1 Å². The number of fused-ring (bicyclic) bond motifs is 2. The van der Waals surface area contributed by atoms with Gasteiger partial charge in [0.1, 0.15) is 0 Å². The quantitative estimate of drug-likeness (QED) is 0.189. The third kappa shape index (κ3) is 4.70. The molecule has 19 heteroatoms. The van der Waals surface area contributed by atoms with Gasteiger partial charge in [-0.1, -0.05) is 0 Å². The topological polar surface area (TPSA) is 243 Å². The number of carbonyl (C=O) groups excluding carboxylic acids is 1. The van der Waals surface area contributed by atoms with E-state index in [-0.39, 0.29) is 36.5 Å². The van der Waals surface area contributed by atoms with Crippen molar-refractivity contribution < 1.29 is 32.6 Å². The number of carbonyl (C=O) groups is 1. The van der Waals surface area contributed by atoms with Crippen molar-refractivity contribution in [1.29, 1.82) is 0 Å². The third-order valence-corrected chi connectivity index (χ3v) is 10.3. The molecule has 6 aromatic heterocycles. The first-order valence-corrected chi connectivity index (χ1v) is 17.1. The van der Waals surface area contributed by atoms with Gasteiger partial charge in [0.2, 0.25) is 29.3 Å². The van der Waals surface area contributed by atoms with Crippen molar-refractivity contribution in [2.75, 3.05) is 50.9 Å². The molecular weight excluding hydrogens is 676 g/mol. The highest BCUT2D eigenvalue weighted by Crippen LogP contribution is 2.52. The lowest BCUT2D eigenvalue weighted by Gasteiger charge is -2.39. The molecule has 0 aliphatic carbocycles. The molecular formula is C33H34N12O7. The summed E-state index contributed by atoms with van der Waals surface area (Å²) in [5.74, 6) is -1.31. The summed E-state index contributed by atoms with van der Waals surface area (Å²) < 4.78 is 40.7. The lowest BCUT2D eigenvalue weighted by Crippen LogP contribution is -2.56. The second-order valence-corrected chi connectivity index (χ2v) is 13.5. The number of Topliss-reactive ketones (excluding diaryl/α,β-unsaturated/α-hetero) is 1. The van der Waals surface area contributed by atoms with Crippen LogP contribution in [-0.2, 0) is 34.9 Å². The van der Waals surface area contributed by atoms with E-state index in [1.54, 1.807) is 36.4 Å². The molecule has 0 radical (unpaired) electrons. The first-order chi connectivity index (χ1) is 25.3. The number of nitrogens with two attached hydrogens (primary N) is 2. The van der Waals surface area contributed by atoms with E-state index in [9.17, 15) is 0 Å². The van der Waals surface area contributed by atoms with E-state index in [2.05, 4.69) is 30.8 Å². The highest BCUT2D eigenvalue weighted by Gasteiger charge is 2.67. The van der Waals surface area contributed by atoms with Crippen molar-refractivity contribution in [1.82, 2.24) is 49.8 Å². The molecule has 0 aromatic carbocycles.